The third-order valence-corrected chi connectivity index (χ3v) is 3.92. The van der Waals surface area contributed by atoms with Crippen molar-refractivity contribution in [3.8, 4) is 0 Å². The van der Waals surface area contributed by atoms with Gasteiger partial charge in [-0.3, -0.25) is 0 Å². The second kappa shape index (κ2) is 5.60. The maximum Gasteiger partial charge on any atom is 0.238 e. The van der Waals surface area contributed by atoms with Gasteiger partial charge in [-0.05, 0) is 49.2 Å². The van der Waals surface area contributed by atoms with E-state index in [9.17, 15) is 8.42 Å². The van der Waals surface area contributed by atoms with Crippen LogP contribution in [0.3, 0.4) is 0 Å². The number of benzene rings is 1. The molecule has 0 radical (unpaired) electrons. The molecule has 0 amide bonds. The second-order valence-corrected chi connectivity index (χ2v) is 6.26. The molecule has 0 fully saturated rings. The molecule has 20 heavy (non-hydrogen) atoms. The quantitative estimate of drug-likeness (QED) is 0.904. The number of hydrogen-bond acceptors (Lipinski definition) is 4. The van der Waals surface area contributed by atoms with E-state index in [4.69, 9.17) is 5.14 Å². The summed E-state index contributed by atoms with van der Waals surface area (Å²) >= 11 is 0. The Balaban J connectivity index is 2.15. The van der Waals surface area contributed by atoms with Gasteiger partial charge in [0.15, 0.2) is 0 Å². The number of nitrogens with two attached hydrogens (primary N) is 1. The summed E-state index contributed by atoms with van der Waals surface area (Å²) in [6.07, 6.45) is 1.74. The van der Waals surface area contributed by atoms with E-state index in [0.717, 1.165) is 16.9 Å². The van der Waals surface area contributed by atoms with E-state index in [2.05, 4.69) is 10.3 Å². The molecule has 0 aliphatic carbocycles. The Hall–Kier alpha value is -1.92. The van der Waals surface area contributed by atoms with Crippen molar-refractivity contribution in [1.29, 1.82) is 0 Å². The minimum atomic E-state index is -3.64. The second-order valence-electron chi connectivity index (χ2n) is 4.70. The Morgan fingerprint density at radius 2 is 1.85 bits per heavy atom. The Morgan fingerprint density at radius 3 is 2.40 bits per heavy atom. The smallest absolute Gasteiger partial charge is 0.238 e. The molecule has 6 heteroatoms. The SMILES string of the molecule is Cc1ccnc(N[C@@H](C)c2ccc(S(N)(=O)=O)cc2)c1. The molecule has 1 aromatic carbocycles. The first kappa shape index (κ1) is 14.5. The summed E-state index contributed by atoms with van der Waals surface area (Å²) in [5, 5.41) is 8.34. The normalized spacial score (nSPS) is 12.9. The Bertz CT molecular complexity index is 697. The molecule has 2 aromatic rings. The van der Waals surface area contributed by atoms with Gasteiger partial charge in [-0.2, -0.15) is 0 Å². The lowest BCUT2D eigenvalue weighted by Crippen LogP contribution is -2.13. The van der Waals surface area contributed by atoms with Gasteiger partial charge in [0.05, 0.1) is 4.90 Å². The van der Waals surface area contributed by atoms with Crippen LogP contribution in [0.5, 0.6) is 0 Å². The van der Waals surface area contributed by atoms with Crippen molar-refractivity contribution in [3.63, 3.8) is 0 Å². The number of anilines is 1. The lowest BCUT2D eigenvalue weighted by atomic mass is 10.1. The van der Waals surface area contributed by atoms with E-state index in [1.165, 1.54) is 12.1 Å². The average molecular weight is 291 g/mol. The van der Waals surface area contributed by atoms with E-state index >= 15 is 0 Å². The molecular formula is C14H17N3O2S. The van der Waals surface area contributed by atoms with Crippen molar-refractivity contribution in [2.45, 2.75) is 24.8 Å². The van der Waals surface area contributed by atoms with Crippen molar-refractivity contribution in [3.05, 3.63) is 53.7 Å². The molecule has 0 bridgehead atoms. The Labute approximate surface area is 118 Å². The minimum Gasteiger partial charge on any atom is -0.364 e. The van der Waals surface area contributed by atoms with Gasteiger partial charge in [0.2, 0.25) is 10.0 Å². The summed E-state index contributed by atoms with van der Waals surface area (Å²) in [7, 11) is -3.64. The molecule has 0 unspecified atom stereocenters. The van der Waals surface area contributed by atoms with Gasteiger partial charge < -0.3 is 5.32 Å². The highest BCUT2D eigenvalue weighted by atomic mass is 32.2. The van der Waals surface area contributed by atoms with E-state index in [0.29, 0.717) is 0 Å². The molecule has 5 nitrogen and oxygen atoms in total. The maximum atomic E-state index is 11.2. The van der Waals surface area contributed by atoms with Crippen molar-refractivity contribution in [2.75, 3.05) is 5.32 Å². The summed E-state index contributed by atoms with van der Waals surface area (Å²) in [5.74, 6) is 0.785. The predicted octanol–water partition coefficient (Wildman–Crippen LogP) is 2.21. The van der Waals surface area contributed by atoms with Crippen molar-refractivity contribution < 1.29 is 8.42 Å². The van der Waals surface area contributed by atoms with Gasteiger partial charge in [-0.25, -0.2) is 18.5 Å². The lowest BCUT2D eigenvalue weighted by molar-refractivity contribution is 0.597. The Kier molecular flexibility index (Phi) is 4.06. The highest BCUT2D eigenvalue weighted by Crippen LogP contribution is 2.19. The topological polar surface area (TPSA) is 85.1 Å². The van der Waals surface area contributed by atoms with Gasteiger partial charge in [-0.1, -0.05) is 12.1 Å². The van der Waals surface area contributed by atoms with Crippen LogP contribution in [-0.2, 0) is 10.0 Å². The van der Waals surface area contributed by atoms with Crippen LogP contribution >= 0.6 is 0 Å². The van der Waals surface area contributed by atoms with Gasteiger partial charge in [-0.15, -0.1) is 0 Å². The zero-order chi connectivity index (χ0) is 14.8. The van der Waals surface area contributed by atoms with Gasteiger partial charge in [0, 0.05) is 12.2 Å². The first-order chi connectivity index (χ1) is 9.36. The maximum absolute atomic E-state index is 11.2. The van der Waals surface area contributed by atoms with Crippen LogP contribution < -0.4 is 10.5 Å². The summed E-state index contributed by atoms with van der Waals surface area (Å²) < 4.78 is 22.4. The fourth-order valence-corrected chi connectivity index (χ4v) is 2.38. The van der Waals surface area contributed by atoms with Crippen LogP contribution in [0.25, 0.3) is 0 Å². The highest BCUT2D eigenvalue weighted by Gasteiger charge is 2.10. The van der Waals surface area contributed by atoms with Gasteiger partial charge in [0.25, 0.3) is 0 Å². The number of hydrogen-bond donors (Lipinski definition) is 2. The number of aromatic nitrogens is 1. The zero-order valence-corrected chi connectivity index (χ0v) is 12.2. The number of nitrogens with one attached hydrogen (secondary N) is 1. The Morgan fingerprint density at radius 1 is 1.20 bits per heavy atom. The monoisotopic (exact) mass is 291 g/mol. The molecular weight excluding hydrogens is 274 g/mol. The molecule has 2 rings (SSSR count). The third-order valence-electron chi connectivity index (χ3n) is 2.99. The van der Waals surface area contributed by atoms with E-state index < -0.39 is 10.0 Å². The lowest BCUT2D eigenvalue weighted by Gasteiger charge is -2.15. The largest absolute Gasteiger partial charge is 0.364 e. The molecule has 0 aliphatic rings. The van der Waals surface area contributed by atoms with Crippen LogP contribution in [0, 0.1) is 6.92 Å². The van der Waals surface area contributed by atoms with Crippen molar-refractivity contribution in [2.24, 2.45) is 5.14 Å². The number of pyridine rings is 1. The standard InChI is InChI=1S/C14H17N3O2S/c1-10-7-8-16-14(9-10)17-11(2)12-3-5-13(6-4-12)20(15,18)19/h3-9,11H,1-2H3,(H,16,17)(H2,15,18,19)/t11-/m0/s1. The third kappa shape index (κ3) is 3.55. The number of primary sulfonamides is 1. The van der Waals surface area contributed by atoms with Crippen LogP contribution in [0.1, 0.15) is 24.1 Å². The molecule has 0 spiro atoms. The average Bonchev–Trinajstić information content (AvgIpc) is 2.38. The molecule has 3 N–H and O–H groups in total. The minimum absolute atomic E-state index is 0.0128. The van der Waals surface area contributed by atoms with Crippen molar-refractivity contribution in [1.82, 2.24) is 4.98 Å². The van der Waals surface area contributed by atoms with Gasteiger partial charge >= 0.3 is 0 Å². The first-order valence-electron chi connectivity index (χ1n) is 6.18. The van der Waals surface area contributed by atoms with Gasteiger partial charge in [0.1, 0.15) is 5.82 Å². The molecule has 106 valence electrons. The molecule has 1 heterocycles. The van der Waals surface area contributed by atoms with Crippen LogP contribution in [-0.4, -0.2) is 13.4 Å². The number of rotatable bonds is 4. The zero-order valence-electron chi connectivity index (χ0n) is 11.4. The molecule has 0 saturated heterocycles. The fourth-order valence-electron chi connectivity index (χ4n) is 1.87. The molecule has 1 aromatic heterocycles. The van der Waals surface area contributed by atoms with Crippen LogP contribution in [0.15, 0.2) is 47.5 Å². The van der Waals surface area contributed by atoms with Crippen LogP contribution in [0.2, 0.25) is 0 Å². The van der Waals surface area contributed by atoms with E-state index in [-0.39, 0.29) is 10.9 Å². The van der Waals surface area contributed by atoms with Crippen molar-refractivity contribution >= 4 is 15.8 Å². The van der Waals surface area contributed by atoms with E-state index in [1.807, 2.05) is 26.0 Å². The predicted molar refractivity (Wildman–Crippen MR) is 78.8 cm³/mol. The first-order valence-corrected chi connectivity index (χ1v) is 7.73. The number of nitrogens with zero attached hydrogens (tertiary/aromatic N) is 1. The summed E-state index contributed by atoms with van der Waals surface area (Å²) in [5.41, 5.74) is 2.08. The molecule has 1 atom stereocenters. The summed E-state index contributed by atoms with van der Waals surface area (Å²) in [6, 6.07) is 10.4. The number of sulfonamides is 1. The molecule has 0 aliphatic heterocycles. The summed E-state index contributed by atoms with van der Waals surface area (Å²) in [6.45, 7) is 3.98. The summed E-state index contributed by atoms with van der Waals surface area (Å²) in [4.78, 5) is 4.35. The van der Waals surface area contributed by atoms with Crippen LogP contribution in [0.4, 0.5) is 5.82 Å². The fraction of sp³-hybridized carbons (Fsp3) is 0.214. The highest BCUT2D eigenvalue weighted by molar-refractivity contribution is 7.89. The molecule has 0 saturated carbocycles. The number of aryl methyl sites for hydroxylation is 1. The van der Waals surface area contributed by atoms with E-state index in [1.54, 1.807) is 18.3 Å².